The minimum absolute atomic E-state index is 0.0286. The van der Waals surface area contributed by atoms with Crippen LogP contribution in [0.5, 0.6) is 0 Å². The van der Waals surface area contributed by atoms with Crippen molar-refractivity contribution in [2.45, 2.75) is 40.0 Å². The van der Waals surface area contributed by atoms with Gasteiger partial charge in [-0.15, -0.1) is 0 Å². The van der Waals surface area contributed by atoms with E-state index in [4.69, 9.17) is 4.74 Å². The van der Waals surface area contributed by atoms with Crippen molar-refractivity contribution in [1.82, 2.24) is 10.6 Å². The van der Waals surface area contributed by atoms with E-state index in [1.807, 2.05) is 0 Å². The van der Waals surface area contributed by atoms with E-state index in [0.29, 0.717) is 17.7 Å². The molecule has 1 rings (SSSR count). The molecule has 1 heterocycles. The number of likely N-dealkylation sites (N-methyl/N-ethyl adjacent to an activating group) is 1. The summed E-state index contributed by atoms with van der Waals surface area (Å²) in [6.07, 6.45) is 3.54. The first-order chi connectivity index (χ1) is 8.44. The lowest BCUT2D eigenvalue weighted by molar-refractivity contribution is -0.121. The molecular weight excluding hydrogens is 228 g/mol. The average molecular weight is 254 g/mol. The fourth-order valence-electron chi connectivity index (χ4n) is 2.01. The summed E-state index contributed by atoms with van der Waals surface area (Å²) in [6.45, 7) is 8.36. The quantitative estimate of drug-likeness (QED) is 0.710. The molecule has 0 bridgehead atoms. The summed E-state index contributed by atoms with van der Waals surface area (Å²) in [5.41, 5.74) is 1.97. The van der Waals surface area contributed by atoms with Gasteiger partial charge in [-0.05, 0) is 18.3 Å². The molecular formula is C14H26N2O2. The van der Waals surface area contributed by atoms with Gasteiger partial charge in [0.15, 0.2) is 0 Å². The van der Waals surface area contributed by atoms with E-state index in [9.17, 15) is 4.79 Å². The molecule has 0 saturated heterocycles. The van der Waals surface area contributed by atoms with Crippen LogP contribution < -0.4 is 10.6 Å². The van der Waals surface area contributed by atoms with Crippen LogP contribution >= 0.6 is 0 Å². The highest BCUT2D eigenvalue weighted by atomic mass is 16.5. The molecule has 0 unspecified atom stereocenters. The normalized spacial score (nSPS) is 17.0. The molecule has 2 N–H and O–H groups in total. The molecule has 0 aromatic rings. The van der Waals surface area contributed by atoms with Crippen molar-refractivity contribution in [3.8, 4) is 0 Å². The topological polar surface area (TPSA) is 50.4 Å². The smallest absolute Gasteiger partial charge is 0.206 e. The number of ketones is 1. The Morgan fingerprint density at radius 3 is 2.56 bits per heavy atom. The molecule has 0 aliphatic carbocycles. The molecule has 0 aromatic heterocycles. The van der Waals surface area contributed by atoms with Gasteiger partial charge in [0.1, 0.15) is 12.3 Å². The number of carbonyl (C=O) groups is 1. The predicted molar refractivity (Wildman–Crippen MR) is 73.2 cm³/mol. The van der Waals surface area contributed by atoms with Gasteiger partial charge in [-0.25, -0.2) is 0 Å². The van der Waals surface area contributed by atoms with Gasteiger partial charge in [-0.3, -0.25) is 4.79 Å². The Morgan fingerprint density at radius 2 is 1.94 bits per heavy atom. The molecule has 4 heteroatoms. The van der Waals surface area contributed by atoms with Gasteiger partial charge in [-0.2, -0.15) is 0 Å². The second-order valence-electron chi connectivity index (χ2n) is 5.96. The number of carbonyl (C=O) groups excluding carboxylic acids is 1. The Morgan fingerprint density at radius 1 is 1.22 bits per heavy atom. The minimum atomic E-state index is 0.0286. The second kappa shape index (κ2) is 6.78. The number of Topliss-reactive ketones (excluding diaryl/α,β-unsaturated/α-hetero) is 1. The van der Waals surface area contributed by atoms with E-state index >= 15 is 0 Å². The molecule has 0 saturated carbocycles. The summed E-state index contributed by atoms with van der Waals surface area (Å²) in [5.74, 6) is 0.0286. The second-order valence-corrected chi connectivity index (χ2v) is 5.96. The van der Waals surface area contributed by atoms with Crippen LogP contribution in [0.3, 0.4) is 0 Å². The van der Waals surface area contributed by atoms with Crippen LogP contribution in [-0.4, -0.2) is 32.6 Å². The number of nitrogens with one attached hydrogen (secondary N) is 2. The first-order valence-electron chi connectivity index (χ1n) is 6.70. The Labute approximate surface area is 110 Å². The lowest BCUT2D eigenvalue weighted by Crippen LogP contribution is -2.34. The molecule has 0 amide bonds. The number of unbranched alkanes of at least 4 members (excludes halogenated alkanes) is 1. The molecule has 0 fully saturated rings. The Kier molecular flexibility index (Phi) is 5.66. The molecule has 0 aromatic carbocycles. The third-order valence-electron chi connectivity index (χ3n) is 3.00. The zero-order valence-electron chi connectivity index (χ0n) is 12.1. The van der Waals surface area contributed by atoms with Crippen molar-refractivity contribution in [3.05, 3.63) is 11.4 Å². The maximum atomic E-state index is 11.6. The monoisotopic (exact) mass is 254 g/mol. The summed E-state index contributed by atoms with van der Waals surface area (Å²) in [7, 11) is 1.78. The molecule has 4 nitrogen and oxygen atoms in total. The van der Waals surface area contributed by atoms with E-state index in [0.717, 1.165) is 18.7 Å². The van der Waals surface area contributed by atoms with Crippen molar-refractivity contribution in [2.24, 2.45) is 5.41 Å². The zero-order chi connectivity index (χ0) is 13.6. The molecule has 0 spiro atoms. The molecule has 104 valence electrons. The average Bonchev–Trinajstić information content (AvgIpc) is 2.27. The molecule has 0 radical (unpaired) electrons. The number of rotatable bonds is 6. The Balaban J connectivity index is 2.32. The van der Waals surface area contributed by atoms with Crippen molar-refractivity contribution < 1.29 is 9.53 Å². The van der Waals surface area contributed by atoms with Crippen molar-refractivity contribution in [1.29, 1.82) is 0 Å². The summed E-state index contributed by atoms with van der Waals surface area (Å²) in [5, 5.41) is 6.27. The summed E-state index contributed by atoms with van der Waals surface area (Å²) >= 11 is 0. The van der Waals surface area contributed by atoms with Crippen LogP contribution in [0.25, 0.3) is 0 Å². The van der Waals surface area contributed by atoms with Crippen molar-refractivity contribution in [2.75, 3.05) is 26.8 Å². The Hall–Kier alpha value is -1.03. The maximum Gasteiger partial charge on any atom is 0.206 e. The SMILES string of the molecule is CNC1=C(NCCCCC(C)(C)C)COCC1=O. The van der Waals surface area contributed by atoms with Crippen molar-refractivity contribution in [3.63, 3.8) is 0 Å². The van der Waals surface area contributed by atoms with Gasteiger partial charge in [0, 0.05) is 13.6 Å². The van der Waals surface area contributed by atoms with E-state index in [1.165, 1.54) is 12.8 Å². The van der Waals surface area contributed by atoms with Gasteiger partial charge < -0.3 is 15.4 Å². The third kappa shape index (κ3) is 5.08. The van der Waals surface area contributed by atoms with Gasteiger partial charge in [0.05, 0.1) is 12.3 Å². The third-order valence-corrected chi connectivity index (χ3v) is 3.00. The maximum absolute atomic E-state index is 11.6. The number of hydrogen-bond acceptors (Lipinski definition) is 4. The molecule has 1 aliphatic rings. The van der Waals surface area contributed by atoms with Gasteiger partial charge in [-0.1, -0.05) is 27.2 Å². The fraction of sp³-hybridized carbons (Fsp3) is 0.786. The lowest BCUT2D eigenvalue weighted by atomic mass is 9.90. The van der Waals surface area contributed by atoms with Gasteiger partial charge >= 0.3 is 0 Å². The van der Waals surface area contributed by atoms with Crippen LogP contribution in [0.15, 0.2) is 11.4 Å². The molecule has 0 atom stereocenters. The highest BCUT2D eigenvalue weighted by Gasteiger charge is 2.19. The highest BCUT2D eigenvalue weighted by Crippen LogP contribution is 2.21. The van der Waals surface area contributed by atoms with E-state index in [1.54, 1.807) is 7.05 Å². The van der Waals surface area contributed by atoms with Crippen LogP contribution in [0.1, 0.15) is 40.0 Å². The van der Waals surface area contributed by atoms with Crippen LogP contribution in [0.4, 0.5) is 0 Å². The van der Waals surface area contributed by atoms with Gasteiger partial charge in [0.25, 0.3) is 0 Å². The lowest BCUT2D eigenvalue weighted by Gasteiger charge is -2.21. The first kappa shape index (κ1) is 15.0. The first-order valence-corrected chi connectivity index (χ1v) is 6.70. The zero-order valence-corrected chi connectivity index (χ0v) is 12.1. The summed E-state index contributed by atoms with van der Waals surface area (Å²) in [4.78, 5) is 11.6. The van der Waals surface area contributed by atoms with Crippen LogP contribution in [0, 0.1) is 5.41 Å². The highest BCUT2D eigenvalue weighted by molar-refractivity contribution is 5.97. The molecule has 18 heavy (non-hydrogen) atoms. The predicted octanol–water partition coefficient (Wildman–Crippen LogP) is 1.82. The van der Waals surface area contributed by atoms with E-state index in [-0.39, 0.29) is 12.4 Å². The van der Waals surface area contributed by atoms with Crippen LogP contribution in [-0.2, 0) is 9.53 Å². The molecule has 1 aliphatic heterocycles. The standard InChI is InChI=1S/C14H26N2O2/c1-14(2,3)7-5-6-8-16-11-9-18-10-12(17)13(11)15-4/h15-16H,5-10H2,1-4H3. The Bertz CT molecular complexity index is 316. The summed E-state index contributed by atoms with van der Waals surface area (Å²) in [6, 6.07) is 0. The van der Waals surface area contributed by atoms with Crippen LogP contribution in [0.2, 0.25) is 0 Å². The van der Waals surface area contributed by atoms with Crippen molar-refractivity contribution >= 4 is 5.78 Å². The van der Waals surface area contributed by atoms with Gasteiger partial charge in [0.2, 0.25) is 5.78 Å². The fourth-order valence-corrected chi connectivity index (χ4v) is 2.01. The van der Waals surface area contributed by atoms with E-state index < -0.39 is 0 Å². The summed E-state index contributed by atoms with van der Waals surface area (Å²) < 4.78 is 5.23. The largest absolute Gasteiger partial charge is 0.385 e. The number of hydrogen-bond donors (Lipinski definition) is 2. The minimum Gasteiger partial charge on any atom is -0.385 e. The number of ether oxygens (including phenoxy) is 1. The van der Waals surface area contributed by atoms with E-state index in [2.05, 4.69) is 31.4 Å².